The molecule has 2 heterocycles. The van der Waals surface area contributed by atoms with E-state index in [0.717, 1.165) is 16.3 Å². The second-order valence-corrected chi connectivity index (χ2v) is 9.08. The van der Waals surface area contributed by atoms with Crippen molar-refractivity contribution in [3.8, 4) is 22.0 Å². The van der Waals surface area contributed by atoms with Gasteiger partial charge in [-0.1, -0.05) is 11.3 Å². The summed E-state index contributed by atoms with van der Waals surface area (Å²) in [5.41, 5.74) is 3.81. The van der Waals surface area contributed by atoms with Gasteiger partial charge in [0.05, 0.1) is 29.5 Å². The molecule has 3 aromatic carbocycles. The summed E-state index contributed by atoms with van der Waals surface area (Å²) in [5, 5.41) is 51.7. The molecule has 12 nitrogen and oxygen atoms in total. The molecule has 0 aliphatic rings. The first-order valence-corrected chi connectivity index (χ1v) is 12.4. The summed E-state index contributed by atoms with van der Waals surface area (Å²) in [7, 11) is 0. The van der Waals surface area contributed by atoms with E-state index in [1.165, 1.54) is 23.5 Å². The zero-order chi connectivity index (χ0) is 26.5. The monoisotopic (exact) mass is 530 g/mol. The van der Waals surface area contributed by atoms with Crippen LogP contribution < -0.4 is 4.90 Å². The van der Waals surface area contributed by atoms with Crippen molar-refractivity contribution in [1.82, 2.24) is 19.8 Å². The van der Waals surface area contributed by atoms with Gasteiger partial charge in [-0.15, -0.1) is 10.2 Å². The molecule has 0 aliphatic carbocycles. The van der Waals surface area contributed by atoms with Crippen molar-refractivity contribution in [1.29, 1.82) is 0 Å². The number of aromatic nitrogens is 4. The molecule has 5 aromatic rings. The van der Waals surface area contributed by atoms with Crippen LogP contribution in [0.25, 0.3) is 26.9 Å². The molecule has 0 bridgehead atoms. The maximum atomic E-state index is 10.9. The van der Waals surface area contributed by atoms with Gasteiger partial charge in [-0.25, -0.2) is 0 Å². The Labute approximate surface area is 220 Å². The number of hydrogen-bond acceptors (Lipinski definition) is 11. The Hall–Kier alpha value is -4.59. The van der Waals surface area contributed by atoms with Crippen LogP contribution in [0.4, 0.5) is 22.7 Å². The third-order valence-corrected chi connectivity index (χ3v) is 6.62. The summed E-state index contributed by atoms with van der Waals surface area (Å²) in [6.45, 7) is 0.882. The van der Waals surface area contributed by atoms with Crippen molar-refractivity contribution in [2.75, 3.05) is 31.2 Å². The van der Waals surface area contributed by atoms with Gasteiger partial charge < -0.3 is 15.1 Å². The van der Waals surface area contributed by atoms with Crippen LogP contribution in [0.5, 0.6) is 0 Å². The normalized spacial score (nSPS) is 11.4. The van der Waals surface area contributed by atoms with Crippen LogP contribution in [0.2, 0.25) is 0 Å². The van der Waals surface area contributed by atoms with E-state index in [1.54, 1.807) is 16.6 Å². The van der Waals surface area contributed by atoms with E-state index in [0.29, 0.717) is 40.8 Å². The Morgan fingerprint density at radius 3 is 2.00 bits per heavy atom. The summed E-state index contributed by atoms with van der Waals surface area (Å²) >= 11 is 1.38. The number of fused-ring (bicyclic) bond motifs is 1. The SMILES string of the molecule is O=[N+]([O-])c1ccc(-c2nnc3sc(-c4ccc(N=Nc5ccc(N(CCO)CCO)cc5)cc4)nn23)cc1. The molecular weight excluding hydrogens is 508 g/mol. The maximum absolute atomic E-state index is 10.9. The first kappa shape index (κ1) is 25.1. The van der Waals surface area contributed by atoms with Crippen LogP contribution in [-0.4, -0.2) is 61.3 Å². The molecule has 0 spiro atoms. The van der Waals surface area contributed by atoms with E-state index in [2.05, 4.69) is 25.5 Å². The Morgan fingerprint density at radius 2 is 1.42 bits per heavy atom. The van der Waals surface area contributed by atoms with E-state index in [1.807, 2.05) is 53.4 Å². The number of aliphatic hydroxyl groups excluding tert-OH is 2. The fourth-order valence-corrected chi connectivity index (χ4v) is 4.62. The third kappa shape index (κ3) is 5.39. The van der Waals surface area contributed by atoms with Gasteiger partial charge in [0.25, 0.3) is 5.69 Å². The standard InChI is InChI=1S/C25H22N8O4S/c34-15-13-31(14-16-35)21-11-7-20(8-12-21)27-26-19-5-1-18(2-6-19)24-30-32-23(28-29-25(32)38-24)17-3-9-22(10-4-17)33(36)37/h1-12,34-35H,13-16H2. The maximum Gasteiger partial charge on any atom is 0.269 e. The highest BCUT2D eigenvalue weighted by Gasteiger charge is 2.15. The van der Waals surface area contributed by atoms with Crippen molar-refractivity contribution < 1.29 is 15.1 Å². The summed E-state index contributed by atoms with van der Waals surface area (Å²) < 4.78 is 1.63. The largest absolute Gasteiger partial charge is 0.395 e. The number of aliphatic hydroxyl groups is 2. The fraction of sp³-hybridized carbons (Fsp3) is 0.160. The number of benzene rings is 3. The summed E-state index contributed by atoms with van der Waals surface area (Å²) in [6.07, 6.45) is 0. The number of nitrogens with zero attached hydrogens (tertiary/aromatic N) is 8. The molecule has 0 amide bonds. The predicted octanol–water partition coefficient (Wildman–Crippen LogP) is 4.63. The highest BCUT2D eigenvalue weighted by atomic mass is 32.1. The van der Waals surface area contributed by atoms with Crippen LogP contribution in [0, 0.1) is 10.1 Å². The lowest BCUT2D eigenvalue weighted by Crippen LogP contribution is -2.29. The quantitative estimate of drug-likeness (QED) is 0.150. The molecule has 192 valence electrons. The van der Waals surface area contributed by atoms with E-state index in [9.17, 15) is 20.3 Å². The van der Waals surface area contributed by atoms with Gasteiger partial charge in [0.1, 0.15) is 5.01 Å². The second-order valence-electron chi connectivity index (χ2n) is 8.13. The Balaban J connectivity index is 1.29. The van der Waals surface area contributed by atoms with Gasteiger partial charge in [-0.05, 0) is 60.7 Å². The number of anilines is 1. The highest BCUT2D eigenvalue weighted by Crippen LogP contribution is 2.30. The topological polar surface area (TPSA) is 155 Å². The number of non-ortho nitro benzene ring substituents is 1. The molecule has 2 N–H and O–H groups in total. The minimum atomic E-state index is -0.447. The third-order valence-electron chi connectivity index (χ3n) is 5.68. The zero-order valence-corrected chi connectivity index (χ0v) is 20.8. The lowest BCUT2D eigenvalue weighted by Gasteiger charge is -2.22. The second kappa shape index (κ2) is 11.2. The van der Waals surface area contributed by atoms with Gasteiger partial charge in [-0.2, -0.15) is 19.8 Å². The highest BCUT2D eigenvalue weighted by molar-refractivity contribution is 7.19. The van der Waals surface area contributed by atoms with Crippen LogP contribution in [0.1, 0.15) is 0 Å². The van der Waals surface area contributed by atoms with Crippen LogP contribution in [0.15, 0.2) is 83.0 Å². The van der Waals surface area contributed by atoms with Crippen molar-refractivity contribution in [3.05, 3.63) is 82.9 Å². The number of nitro groups is 1. The minimum Gasteiger partial charge on any atom is -0.395 e. The number of hydrogen-bond donors (Lipinski definition) is 2. The number of nitro benzene ring substituents is 1. The van der Waals surface area contributed by atoms with Crippen molar-refractivity contribution in [2.45, 2.75) is 0 Å². The summed E-state index contributed by atoms with van der Waals surface area (Å²) in [4.78, 5) is 13.0. The van der Waals surface area contributed by atoms with Crippen molar-refractivity contribution in [3.63, 3.8) is 0 Å². The smallest absolute Gasteiger partial charge is 0.269 e. The predicted molar refractivity (Wildman–Crippen MR) is 143 cm³/mol. The average molecular weight is 531 g/mol. The first-order valence-electron chi connectivity index (χ1n) is 11.6. The van der Waals surface area contributed by atoms with Crippen molar-refractivity contribution >= 4 is 39.0 Å². The first-order chi connectivity index (χ1) is 18.6. The average Bonchev–Trinajstić information content (AvgIpc) is 3.54. The molecule has 0 radical (unpaired) electrons. The van der Waals surface area contributed by atoms with Gasteiger partial charge >= 0.3 is 0 Å². The summed E-state index contributed by atoms with van der Waals surface area (Å²) in [6, 6.07) is 21.0. The molecule has 0 fully saturated rings. The van der Waals surface area contributed by atoms with E-state index in [-0.39, 0.29) is 18.9 Å². The molecule has 5 rings (SSSR count). The summed E-state index contributed by atoms with van der Waals surface area (Å²) in [5.74, 6) is 0.504. The van der Waals surface area contributed by atoms with Crippen molar-refractivity contribution in [2.24, 2.45) is 10.2 Å². The molecule has 0 saturated carbocycles. The van der Waals surface area contributed by atoms with Gasteiger partial charge in [0.2, 0.25) is 4.96 Å². The molecule has 0 saturated heterocycles. The molecular formula is C25H22N8O4S. The number of azo groups is 1. The van der Waals surface area contributed by atoms with Gasteiger partial charge in [-0.3, -0.25) is 10.1 Å². The molecule has 0 unspecified atom stereocenters. The molecule has 0 atom stereocenters. The fourth-order valence-electron chi connectivity index (χ4n) is 3.77. The van der Waals surface area contributed by atoms with E-state index >= 15 is 0 Å². The van der Waals surface area contributed by atoms with Crippen LogP contribution >= 0.6 is 11.3 Å². The lowest BCUT2D eigenvalue weighted by atomic mass is 10.2. The van der Waals surface area contributed by atoms with Crippen LogP contribution in [-0.2, 0) is 0 Å². The Kier molecular flexibility index (Phi) is 7.40. The molecule has 2 aromatic heterocycles. The Bertz CT molecular complexity index is 1560. The lowest BCUT2D eigenvalue weighted by molar-refractivity contribution is -0.384. The zero-order valence-electron chi connectivity index (χ0n) is 20.0. The Morgan fingerprint density at radius 1 is 0.842 bits per heavy atom. The number of rotatable bonds is 10. The molecule has 0 aliphatic heterocycles. The molecule has 38 heavy (non-hydrogen) atoms. The molecule has 13 heteroatoms. The van der Waals surface area contributed by atoms with Gasteiger partial charge in [0.15, 0.2) is 5.82 Å². The van der Waals surface area contributed by atoms with E-state index in [4.69, 9.17) is 0 Å². The minimum absolute atomic E-state index is 0.00304. The van der Waals surface area contributed by atoms with Gasteiger partial charge in [0, 0.05) is 42.0 Å². The van der Waals surface area contributed by atoms with E-state index < -0.39 is 4.92 Å². The van der Waals surface area contributed by atoms with Crippen LogP contribution in [0.3, 0.4) is 0 Å².